The Balaban J connectivity index is 4.92. The standard InChI is InChI=1S/C53H104N2O5/c1-7-11-15-19-26-34-43-51(56)55(47-38-46-54(5)6)49(39-30-24-20-22-27-35-44-52(57)59-48-37-29-16-12-8-2)40-31-25-21-23-28-36-45-53(58)60-50(41-32-17-13-9-3)42-33-18-14-10-4/h49-50H,7-48H2,1-6H3. The number of rotatable bonds is 47. The lowest BCUT2D eigenvalue weighted by molar-refractivity contribution is -0.150. The monoisotopic (exact) mass is 849 g/mol. The summed E-state index contributed by atoms with van der Waals surface area (Å²) in [6, 6.07) is 0.322. The number of unbranched alkanes of at least 4 members (excludes halogenated alkanes) is 25. The molecule has 0 bridgehead atoms. The molecule has 1 unspecified atom stereocenters. The second-order valence-corrected chi connectivity index (χ2v) is 18.7. The molecule has 0 aliphatic rings. The molecule has 0 aromatic rings. The Morgan fingerprint density at radius 3 is 1.27 bits per heavy atom. The zero-order valence-corrected chi connectivity index (χ0v) is 41.3. The van der Waals surface area contributed by atoms with Crippen LogP contribution in [0.3, 0.4) is 0 Å². The van der Waals surface area contributed by atoms with Gasteiger partial charge in [0, 0.05) is 31.8 Å². The molecule has 0 saturated heterocycles. The maximum absolute atomic E-state index is 13.9. The highest BCUT2D eigenvalue weighted by atomic mass is 16.5. The third kappa shape index (κ3) is 39.2. The molecule has 0 radical (unpaired) electrons. The van der Waals surface area contributed by atoms with E-state index in [0.29, 0.717) is 37.8 Å². The molecular formula is C53H104N2O5. The minimum absolute atomic E-state index is 0.0114. The van der Waals surface area contributed by atoms with E-state index in [9.17, 15) is 14.4 Å². The number of amides is 1. The van der Waals surface area contributed by atoms with Gasteiger partial charge >= 0.3 is 11.9 Å². The highest BCUT2D eigenvalue weighted by Gasteiger charge is 2.23. The zero-order chi connectivity index (χ0) is 44.2. The second kappa shape index (κ2) is 45.4. The number of carbonyl (C=O) groups is 3. The van der Waals surface area contributed by atoms with E-state index in [1.165, 1.54) is 122 Å². The van der Waals surface area contributed by atoms with Gasteiger partial charge in [0.1, 0.15) is 6.10 Å². The van der Waals surface area contributed by atoms with Crippen LogP contribution in [0.2, 0.25) is 0 Å². The van der Waals surface area contributed by atoms with Crippen molar-refractivity contribution in [2.75, 3.05) is 33.8 Å². The van der Waals surface area contributed by atoms with E-state index in [1.807, 2.05) is 0 Å². The lowest BCUT2D eigenvalue weighted by Crippen LogP contribution is -2.41. The lowest BCUT2D eigenvalue weighted by Gasteiger charge is -2.33. The largest absolute Gasteiger partial charge is 0.466 e. The summed E-state index contributed by atoms with van der Waals surface area (Å²) in [7, 11) is 4.26. The Morgan fingerprint density at radius 2 is 0.783 bits per heavy atom. The van der Waals surface area contributed by atoms with Crippen LogP contribution in [0.4, 0.5) is 0 Å². The SMILES string of the molecule is CCCCCCCCC(=O)N(CCCN(C)C)C(CCCCCCCCC(=O)OCCCCCCC)CCCCCCCCC(=O)OC(CCCCCC)CCCCCC. The maximum Gasteiger partial charge on any atom is 0.306 e. The van der Waals surface area contributed by atoms with Gasteiger partial charge in [-0.25, -0.2) is 0 Å². The summed E-state index contributed by atoms with van der Waals surface area (Å²) in [6.45, 7) is 11.4. The van der Waals surface area contributed by atoms with Crippen molar-refractivity contribution in [1.29, 1.82) is 0 Å². The van der Waals surface area contributed by atoms with Crippen LogP contribution in [0, 0.1) is 0 Å². The van der Waals surface area contributed by atoms with Crippen LogP contribution in [0.5, 0.6) is 0 Å². The van der Waals surface area contributed by atoms with E-state index in [2.05, 4.69) is 51.6 Å². The molecule has 0 aliphatic carbocycles. The molecule has 7 nitrogen and oxygen atoms in total. The number of hydrogen-bond acceptors (Lipinski definition) is 6. The normalized spacial score (nSPS) is 12.1. The summed E-state index contributed by atoms with van der Waals surface area (Å²) >= 11 is 0. The molecule has 1 amide bonds. The Kier molecular flexibility index (Phi) is 44.2. The summed E-state index contributed by atoms with van der Waals surface area (Å²) in [6.07, 6.45) is 43.5. The molecular weight excluding hydrogens is 745 g/mol. The number of hydrogen-bond donors (Lipinski definition) is 0. The van der Waals surface area contributed by atoms with Crippen LogP contribution in [0.15, 0.2) is 0 Å². The summed E-state index contributed by atoms with van der Waals surface area (Å²) in [5.41, 5.74) is 0. The van der Waals surface area contributed by atoms with Gasteiger partial charge in [-0.3, -0.25) is 14.4 Å². The van der Waals surface area contributed by atoms with Gasteiger partial charge < -0.3 is 19.3 Å². The van der Waals surface area contributed by atoms with Crippen LogP contribution in [0.1, 0.15) is 278 Å². The van der Waals surface area contributed by atoms with Gasteiger partial charge in [-0.05, 0) is 91.3 Å². The predicted molar refractivity (Wildman–Crippen MR) is 258 cm³/mol. The van der Waals surface area contributed by atoms with Crippen LogP contribution < -0.4 is 0 Å². The van der Waals surface area contributed by atoms with Crippen LogP contribution in [-0.2, 0) is 23.9 Å². The minimum atomic E-state index is -0.0293. The molecule has 0 fully saturated rings. The quantitative estimate of drug-likeness (QED) is 0.0448. The van der Waals surface area contributed by atoms with Crippen molar-refractivity contribution in [1.82, 2.24) is 9.80 Å². The molecule has 7 heteroatoms. The van der Waals surface area contributed by atoms with Crippen molar-refractivity contribution in [2.45, 2.75) is 290 Å². The fourth-order valence-electron chi connectivity index (χ4n) is 8.51. The maximum atomic E-state index is 13.9. The molecule has 0 N–H and O–H groups in total. The van der Waals surface area contributed by atoms with Gasteiger partial charge in [0.15, 0.2) is 0 Å². The van der Waals surface area contributed by atoms with Crippen molar-refractivity contribution in [2.24, 2.45) is 0 Å². The topological polar surface area (TPSA) is 76.2 Å². The molecule has 0 aliphatic heterocycles. The summed E-state index contributed by atoms with van der Waals surface area (Å²) in [4.78, 5) is 43.3. The van der Waals surface area contributed by atoms with E-state index in [1.54, 1.807) is 0 Å². The summed E-state index contributed by atoms with van der Waals surface area (Å²) < 4.78 is 11.5. The Labute approximate surface area is 374 Å². The first-order valence-electron chi connectivity index (χ1n) is 26.6. The zero-order valence-electron chi connectivity index (χ0n) is 41.3. The summed E-state index contributed by atoms with van der Waals surface area (Å²) in [5, 5.41) is 0. The highest BCUT2D eigenvalue weighted by molar-refractivity contribution is 5.76. The number of nitrogens with zero attached hydrogens (tertiary/aromatic N) is 2. The van der Waals surface area contributed by atoms with E-state index in [0.717, 1.165) is 122 Å². The van der Waals surface area contributed by atoms with Gasteiger partial charge in [-0.2, -0.15) is 0 Å². The van der Waals surface area contributed by atoms with Crippen molar-refractivity contribution in [3.05, 3.63) is 0 Å². The van der Waals surface area contributed by atoms with Crippen molar-refractivity contribution >= 4 is 17.8 Å². The van der Waals surface area contributed by atoms with Gasteiger partial charge in [0.25, 0.3) is 0 Å². The average molecular weight is 849 g/mol. The van der Waals surface area contributed by atoms with Crippen LogP contribution in [0.25, 0.3) is 0 Å². The van der Waals surface area contributed by atoms with Crippen LogP contribution in [-0.4, -0.2) is 73.6 Å². The predicted octanol–water partition coefficient (Wildman–Crippen LogP) is 15.5. The first kappa shape index (κ1) is 58.4. The number of esters is 2. The molecule has 0 rings (SSSR count). The first-order valence-corrected chi connectivity index (χ1v) is 26.6. The smallest absolute Gasteiger partial charge is 0.306 e. The van der Waals surface area contributed by atoms with Gasteiger partial charge in [0.05, 0.1) is 6.61 Å². The number of ether oxygens (including phenoxy) is 2. The van der Waals surface area contributed by atoms with Gasteiger partial charge in [-0.15, -0.1) is 0 Å². The van der Waals surface area contributed by atoms with E-state index < -0.39 is 0 Å². The third-order valence-corrected chi connectivity index (χ3v) is 12.4. The minimum Gasteiger partial charge on any atom is -0.466 e. The van der Waals surface area contributed by atoms with Crippen molar-refractivity contribution < 1.29 is 23.9 Å². The van der Waals surface area contributed by atoms with E-state index in [4.69, 9.17) is 9.47 Å². The molecule has 0 aromatic carbocycles. The van der Waals surface area contributed by atoms with Crippen molar-refractivity contribution in [3.8, 4) is 0 Å². The fourth-order valence-corrected chi connectivity index (χ4v) is 8.51. The summed E-state index contributed by atoms with van der Waals surface area (Å²) in [5.74, 6) is 0.355. The van der Waals surface area contributed by atoms with Gasteiger partial charge in [0.2, 0.25) is 5.91 Å². The molecule has 1 atom stereocenters. The van der Waals surface area contributed by atoms with Gasteiger partial charge in [-0.1, -0.05) is 188 Å². The molecule has 0 heterocycles. The lowest BCUT2D eigenvalue weighted by atomic mass is 9.97. The molecule has 356 valence electrons. The fraction of sp³-hybridized carbons (Fsp3) is 0.943. The van der Waals surface area contributed by atoms with Crippen LogP contribution >= 0.6 is 0 Å². The highest BCUT2D eigenvalue weighted by Crippen LogP contribution is 2.22. The Bertz CT molecular complexity index is 930. The molecule has 0 spiro atoms. The number of carbonyl (C=O) groups excluding carboxylic acids is 3. The Morgan fingerprint density at radius 1 is 0.400 bits per heavy atom. The first-order chi connectivity index (χ1) is 29.3. The third-order valence-electron chi connectivity index (χ3n) is 12.4. The molecule has 60 heavy (non-hydrogen) atoms. The Hall–Kier alpha value is -1.63. The van der Waals surface area contributed by atoms with Crippen molar-refractivity contribution in [3.63, 3.8) is 0 Å². The van der Waals surface area contributed by atoms with E-state index in [-0.39, 0.29) is 18.0 Å². The van der Waals surface area contributed by atoms with E-state index >= 15 is 0 Å². The average Bonchev–Trinajstić information content (AvgIpc) is 3.23. The molecule has 0 saturated carbocycles. The molecule has 0 aromatic heterocycles. The second-order valence-electron chi connectivity index (χ2n) is 18.7.